The zero-order valence-corrected chi connectivity index (χ0v) is 10.1. The van der Waals surface area contributed by atoms with Crippen molar-refractivity contribution in [2.45, 2.75) is 12.0 Å². The molecule has 2 atom stereocenters. The van der Waals surface area contributed by atoms with E-state index in [2.05, 4.69) is 4.74 Å². The second kappa shape index (κ2) is 4.60. The van der Waals surface area contributed by atoms with Crippen molar-refractivity contribution in [3.63, 3.8) is 0 Å². The summed E-state index contributed by atoms with van der Waals surface area (Å²) in [4.78, 5) is 36.5. The van der Waals surface area contributed by atoms with Crippen LogP contribution in [0.2, 0.25) is 0 Å². The van der Waals surface area contributed by atoms with Gasteiger partial charge in [-0.25, -0.2) is 4.79 Å². The molecule has 1 aromatic carbocycles. The van der Waals surface area contributed by atoms with Crippen LogP contribution in [0, 0.1) is 0 Å². The molecule has 0 bridgehead atoms. The molecule has 0 radical (unpaired) electrons. The number of methoxy groups -OCH3 is 1. The fraction of sp³-hybridized carbons (Fsp3) is 0.308. The summed E-state index contributed by atoms with van der Waals surface area (Å²) in [5.74, 6) is -2.58. The van der Waals surface area contributed by atoms with Crippen molar-refractivity contribution in [2.75, 3.05) is 14.2 Å². The number of nitrogens with zero attached hydrogens (tertiary/aromatic N) is 1. The van der Waals surface area contributed by atoms with Crippen LogP contribution in [0.15, 0.2) is 30.3 Å². The molecule has 1 heterocycles. The zero-order valence-electron chi connectivity index (χ0n) is 10.1. The number of rotatable bonds is 2. The van der Waals surface area contributed by atoms with Crippen molar-refractivity contribution in [1.82, 2.24) is 4.90 Å². The van der Waals surface area contributed by atoms with Crippen LogP contribution in [-0.2, 0) is 19.1 Å². The van der Waals surface area contributed by atoms with Gasteiger partial charge in [0.05, 0.1) is 13.0 Å². The average Bonchev–Trinajstić information content (AvgIpc) is 2.63. The SMILES string of the molecule is COC(=O)C1C(c2ccccc2)C(=O)C(=O)N1C. The summed E-state index contributed by atoms with van der Waals surface area (Å²) in [5.41, 5.74) is 0.649. The molecule has 0 aromatic heterocycles. The van der Waals surface area contributed by atoms with Crippen molar-refractivity contribution in [1.29, 1.82) is 0 Å². The zero-order chi connectivity index (χ0) is 13.3. The molecule has 0 saturated carbocycles. The van der Waals surface area contributed by atoms with Gasteiger partial charge >= 0.3 is 5.97 Å². The monoisotopic (exact) mass is 247 g/mol. The lowest BCUT2D eigenvalue weighted by Crippen LogP contribution is -2.38. The van der Waals surface area contributed by atoms with Crippen molar-refractivity contribution in [3.05, 3.63) is 35.9 Å². The van der Waals surface area contributed by atoms with E-state index < -0.39 is 29.6 Å². The summed E-state index contributed by atoms with van der Waals surface area (Å²) in [7, 11) is 2.68. The summed E-state index contributed by atoms with van der Waals surface area (Å²) >= 11 is 0. The molecule has 0 N–H and O–H groups in total. The minimum atomic E-state index is -0.877. The smallest absolute Gasteiger partial charge is 0.329 e. The Balaban J connectivity index is 2.45. The molecule has 5 heteroatoms. The molecule has 2 rings (SSSR count). The highest BCUT2D eigenvalue weighted by atomic mass is 16.5. The maximum atomic E-state index is 11.9. The Kier molecular flexibility index (Phi) is 3.14. The summed E-state index contributed by atoms with van der Waals surface area (Å²) in [5, 5.41) is 0. The lowest BCUT2D eigenvalue weighted by molar-refractivity contribution is -0.148. The molecule has 18 heavy (non-hydrogen) atoms. The Morgan fingerprint density at radius 3 is 2.39 bits per heavy atom. The van der Waals surface area contributed by atoms with Crippen LogP contribution in [-0.4, -0.2) is 42.8 Å². The van der Waals surface area contributed by atoms with Gasteiger partial charge in [-0.3, -0.25) is 9.59 Å². The van der Waals surface area contributed by atoms with Gasteiger partial charge < -0.3 is 9.64 Å². The third-order valence-corrected chi connectivity index (χ3v) is 3.15. The number of likely N-dealkylation sites (tertiary alicyclic amines) is 1. The Hall–Kier alpha value is -2.17. The topological polar surface area (TPSA) is 63.7 Å². The number of ether oxygens (including phenoxy) is 1. The van der Waals surface area contributed by atoms with Crippen LogP contribution >= 0.6 is 0 Å². The van der Waals surface area contributed by atoms with Gasteiger partial charge in [0.2, 0.25) is 5.78 Å². The van der Waals surface area contributed by atoms with Crippen LogP contribution in [0.5, 0.6) is 0 Å². The van der Waals surface area contributed by atoms with Crippen LogP contribution in [0.1, 0.15) is 11.5 Å². The minimum Gasteiger partial charge on any atom is -0.467 e. The number of hydrogen-bond acceptors (Lipinski definition) is 4. The summed E-state index contributed by atoms with van der Waals surface area (Å²) < 4.78 is 4.67. The van der Waals surface area contributed by atoms with Gasteiger partial charge in [-0.2, -0.15) is 0 Å². The van der Waals surface area contributed by atoms with E-state index in [0.717, 1.165) is 4.90 Å². The van der Waals surface area contributed by atoms with Gasteiger partial charge in [0.15, 0.2) is 0 Å². The van der Waals surface area contributed by atoms with Crippen LogP contribution in [0.3, 0.4) is 0 Å². The van der Waals surface area contributed by atoms with E-state index in [1.165, 1.54) is 14.2 Å². The number of amides is 1. The predicted molar refractivity (Wildman–Crippen MR) is 62.8 cm³/mol. The first-order valence-electron chi connectivity index (χ1n) is 5.51. The molecule has 94 valence electrons. The van der Waals surface area contributed by atoms with Crippen molar-refractivity contribution >= 4 is 17.7 Å². The fourth-order valence-electron chi connectivity index (χ4n) is 2.21. The molecule has 1 fully saturated rings. The number of carbonyl (C=O) groups excluding carboxylic acids is 3. The molecule has 1 saturated heterocycles. The van der Waals surface area contributed by atoms with E-state index in [-0.39, 0.29) is 0 Å². The van der Waals surface area contributed by atoms with E-state index >= 15 is 0 Å². The highest BCUT2D eigenvalue weighted by Gasteiger charge is 2.50. The summed E-state index contributed by atoms with van der Waals surface area (Å²) in [6.07, 6.45) is 0. The highest BCUT2D eigenvalue weighted by molar-refractivity contribution is 6.41. The van der Waals surface area contributed by atoms with Gasteiger partial charge in [0.25, 0.3) is 5.91 Å². The van der Waals surface area contributed by atoms with Gasteiger partial charge in [-0.15, -0.1) is 0 Å². The highest BCUT2D eigenvalue weighted by Crippen LogP contribution is 2.31. The molecule has 0 spiro atoms. The molecular weight excluding hydrogens is 234 g/mol. The van der Waals surface area contributed by atoms with Crippen molar-refractivity contribution in [2.24, 2.45) is 0 Å². The van der Waals surface area contributed by atoms with E-state index in [0.29, 0.717) is 5.56 Å². The van der Waals surface area contributed by atoms with Gasteiger partial charge in [-0.1, -0.05) is 30.3 Å². The number of benzene rings is 1. The normalized spacial score (nSPS) is 23.3. The molecule has 0 aliphatic carbocycles. The Labute approximate surface area is 104 Å². The first-order valence-corrected chi connectivity index (χ1v) is 5.51. The lowest BCUT2D eigenvalue weighted by Gasteiger charge is -2.21. The molecule has 2 unspecified atom stereocenters. The largest absolute Gasteiger partial charge is 0.467 e. The predicted octanol–water partition coefficient (Wildman–Crippen LogP) is 0.353. The van der Waals surface area contributed by atoms with Crippen LogP contribution in [0.4, 0.5) is 0 Å². The van der Waals surface area contributed by atoms with E-state index in [9.17, 15) is 14.4 Å². The van der Waals surface area contributed by atoms with E-state index in [1.807, 2.05) is 6.07 Å². The van der Waals surface area contributed by atoms with Crippen LogP contribution < -0.4 is 0 Å². The molecule has 1 aliphatic rings. The number of likely N-dealkylation sites (N-methyl/N-ethyl adjacent to an activating group) is 1. The average molecular weight is 247 g/mol. The summed E-state index contributed by atoms with van der Waals surface area (Å²) in [6, 6.07) is 7.91. The lowest BCUT2D eigenvalue weighted by atomic mass is 9.91. The number of esters is 1. The standard InChI is InChI=1S/C13H13NO4/c1-14-10(13(17)18-2)9(11(15)12(14)16)8-6-4-3-5-7-8/h3-7,9-10H,1-2H3. The fourth-order valence-corrected chi connectivity index (χ4v) is 2.21. The van der Waals surface area contributed by atoms with Crippen molar-refractivity contribution < 1.29 is 19.1 Å². The molecular formula is C13H13NO4. The van der Waals surface area contributed by atoms with E-state index in [1.54, 1.807) is 24.3 Å². The second-order valence-electron chi connectivity index (χ2n) is 4.14. The number of Topliss-reactive ketones (excluding diaryl/α,β-unsaturated/α-hetero) is 1. The minimum absolute atomic E-state index is 0.570. The Morgan fingerprint density at radius 1 is 1.22 bits per heavy atom. The number of carbonyl (C=O) groups is 3. The maximum Gasteiger partial charge on any atom is 0.329 e. The molecule has 1 amide bonds. The van der Waals surface area contributed by atoms with Gasteiger partial charge in [0.1, 0.15) is 6.04 Å². The molecule has 5 nitrogen and oxygen atoms in total. The molecule has 1 aromatic rings. The number of ketones is 1. The number of hydrogen-bond donors (Lipinski definition) is 0. The Morgan fingerprint density at radius 2 is 1.83 bits per heavy atom. The quantitative estimate of drug-likeness (QED) is 0.559. The van der Waals surface area contributed by atoms with Crippen molar-refractivity contribution in [3.8, 4) is 0 Å². The molecule has 1 aliphatic heterocycles. The maximum absolute atomic E-state index is 11.9. The van der Waals surface area contributed by atoms with Crippen LogP contribution in [0.25, 0.3) is 0 Å². The van der Waals surface area contributed by atoms with Gasteiger partial charge in [0, 0.05) is 7.05 Å². The third-order valence-electron chi connectivity index (χ3n) is 3.15. The first-order chi connectivity index (χ1) is 8.57. The Bertz CT molecular complexity index is 497. The van der Waals surface area contributed by atoms with E-state index in [4.69, 9.17) is 0 Å². The van der Waals surface area contributed by atoms with Gasteiger partial charge in [-0.05, 0) is 5.56 Å². The second-order valence-corrected chi connectivity index (χ2v) is 4.14. The third kappa shape index (κ3) is 1.77. The summed E-state index contributed by atoms with van der Waals surface area (Å²) in [6.45, 7) is 0. The first kappa shape index (κ1) is 12.3.